The molecule has 4 nitrogen and oxygen atoms in total. The Morgan fingerprint density at radius 2 is 1.13 bits per heavy atom. The molecule has 62 heavy (non-hydrogen) atoms. The molecule has 4 heteroatoms. The van der Waals surface area contributed by atoms with E-state index in [1.54, 1.807) is 0 Å². The zero-order chi connectivity index (χ0) is 41.3. The third-order valence-electron chi connectivity index (χ3n) is 14.2. The van der Waals surface area contributed by atoms with Crippen LogP contribution < -0.4 is 0 Å². The first kappa shape index (κ1) is 35.2. The maximum Gasteiger partial charge on any atom is 0.235 e. The lowest BCUT2D eigenvalue weighted by atomic mass is 9.68. The number of rotatable bonds is 4. The summed E-state index contributed by atoms with van der Waals surface area (Å²) < 4.78 is 4.79. The van der Waals surface area contributed by atoms with Crippen LogP contribution in [0.15, 0.2) is 182 Å². The maximum absolute atomic E-state index is 5.51. The fourth-order valence-corrected chi connectivity index (χ4v) is 11.5. The smallest absolute Gasteiger partial charge is 0.235 e. The maximum atomic E-state index is 5.51. The van der Waals surface area contributed by atoms with E-state index in [0.717, 1.165) is 33.4 Å². The van der Waals surface area contributed by atoms with E-state index in [-0.39, 0.29) is 17.3 Å². The molecule has 0 saturated heterocycles. The van der Waals surface area contributed by atoms with Gasteiger partial charge in [0.15, 0.2) is 0 Å². The van der Waals surface area contributed by atoms with E-state index in [2.05, 4.69) is 218 Å². The molecule has 2 atom stereocenters. The van der Waals surface area contributed by atoms with Crippen LogP contribution in [0.3, 0.4) is 0 Å². The largest absolute Gasteiger partial charge is 0.309 e. The van der Waals surface area contributed by atoms with E-state index in [9.17, 15) is 0 Å². The molecule has 8 aromatic carbocycles. The Morgan fingerprint density at radius 1 is 0.500 bits per heavy atom. The van der Waals surface area contributed by atoms with Crippen LogP contribution >= 0.6 is 0 Å². The normalized spacial score (nSPS) is 16.5. The molecule has 0 bridgehead atoms. The SMILES string of the molecule is CC1c2c(c3cc(-c4ccc5c(c4)c4ccccc4n5-c4ccccc4)ccc3n2-c2nc(-c3ccccc3)c3ccccc3n2)C=C2c3c(ccc4ccccc34)C(C)(C)C21. The molecule has 3 aromatic heterocycles. The lowest BCUT2D eigenvalue weighted by Gasteiger charge is -2.36. The number of fused-ring (bicyclic) bond motifs is 12. The number of aromatic nitrogens is 4. The van der Waals surface area contributed by atoms with Crippen LogP contribution in [0.5, 0.6) is 0 Å². The van der Waals surface area contributed by atoms with E-state index in [1.165, 1.54) is 77.0 Å². The summed E-state index contributed by atoms with van der Waals surface area (Å²) in [5, 5.41) is 7.38. The first-order chi connectivity index (χ1) is 30.4. The molecule has 0 saturated carbocycles. The number of allylic oxidation sites excluding steroid dienone is 1. The molecule has 2 aliphatic carbocycles. The molecule has 0 amide bonds. The number of nitrogens with zero attached hydrogens (tertiary/aromatic N) is 4. The summed E-state index contributed by atoms with van der Waals surface area (Å²) in [5.41, 5.74) is 16.7. The number of hydrogen-bond donors (Lipinski definition) is 0. The zero-order valence-electron chi connectivity index (χ0n) is 34.8. The van der Waals surface area contributed by atoms with Crippen LogP contribution in [-0.4, -0.2) is 19.1 Å². The predicted octanol–water partition coefficient (Wildman–Crippen LogP) is 14.7. The van der Waals surface area contributed by atoms with E-state index in [4.69, 9.17) is 9.97 Å². The minimum Gasteiger partial charge on any atom is -0.309 e. The fraction of sp³-hybridized carbons (Fsp3) is 0.103. The summed E-state index contributed by atoms with van der Waals surface area (Å²) in [6.45, 7) is 7.34. The highest BCUT2D eigenvalue weighted by atomic mass is 15.2. The highest BCUT2D eigenvalue weighted by molar-refractivity contribution is 6.11. The topological polar surface area (TPSA) is 35.6 Å². The van der Waals surface area contributed by atoms with Gasteiger partial charge in [0.2, 0.25) is 5.95 Å². The van der Waals surface area contributed by atoms with Gasteiger partial charge in [-0.3, -0.25) is 4.57 Å². The molecule has 11 aromatic rings. The van der Waals surface area contributed by atoms with Crippen molar-refractivity contribution in [3.05, 3.63) is 204 Å². The van der Waals surface area contributed by atoms with Gasteiger partial charge in [-0.05, 0) is 98.6 Å². The van der Waals surface area contributed by atoms with Gasteiger partial charge in [-0.1, -0.05) is 154 Å². The molecular weight excluding hydrogens is 753 g/mol. The van der Waals surface area contributed by atoms with Crippen molar-refractivity contribution in [2.75, 3.05) is 0 Å². The molecule has 0 fully saturated rings. The van der Waals surface area contributed by atoms with Crippen LogP contribution in [0.4, 0.5) is 0 Å². The Balaban J connectivity index is 1.09. The standard InChI is InChI=1S/C58H42N4/c1-35-54-47(53-41-21-11-10-16-36(41)26-29-48(53)58(54,2)3)34-46-45-33-39(38-27-30-51-44(32-38)42-22-13-15-25-50(42)61(51)40-19-8-5-9-20-40)28-31-52(45)62(56(35)46)57-59-49-24-14-12-23-43(49)55(60-57)37-17-6-4-7-18-37/h4-35,54H,1-3H3. The molecular formula is C58H42N4. The average Bonchev–Trinajstić information content (AvgIpc) is 3.92. The first-order valence-electron chi connectivity index (χ1n) is 21.8. The van der Waals surface area contributed by atoms with Crippen LogP contribution in [-0.2, 0) is 5.41 Å². The van der Waals surface area contributed by atoms with Crippen molar-refractivity contribution in [2.24, 2.45) is 5.92 Å². The molecule has 3 heterocycles. The second-order valence-corrected chi connectivity index (χ2v) is 17.8. The van der Waals surface area contributed by atoms with Crippen molar-refractivity contribution in [1.82, 2.24) is 19.1 Å². The molecule has 2 aliphatic rings. The Bertz CT molecular complexity index is 3680. The number of para-hydroxylation sites is 3. The van der Waals surface area contributed by atoms with Crippen LogP contribution in [0.1, 0.15) is 49.1 Å². The highest BCUT2D eigenvalue weighted by Crippen LogP contribution is 2.61. The molecule has 0 radical (unpaired) electrons. The first-order valence-corrected chi connectivity index (χ1v) is 21.8. The second kappa shape index (κ2) is 13.0. The molecule has 13 rings (SSSR count). The summed E-state index contributed by atoms with van der Waals surface area (Å²) in [4.78, 5) is 10.9. The highest BCUT2D eigenvalue weighted by Gasteiger charge is 2.49. The Morgan fingerprint density at radius 3 is 1.92 bits per heavy atom. The van der Waals surface area contributed by atoms with Crippen molar-refractivity contribution < 1.29 is 0 Å². The number of hydrogen-bond acceptors (Lipinski definition) is 2. The van der Waals surface area contributed by atoms with Crippen molar-refractivity contribution in [1.29, 1.82) is 0 Å². The minimum atomic E-state index is -0.0947. The van der Waals surface area contributed by atoms with Gasteiger partial charge in [-0.25, -0.2) is 9.97 Å². The minimum absolute atomic E-state index is 0.0947. The van der Waals surface area contributed by atoms with E-state index < -0.39 is 0 Å². The van der Waals surface area contributed by atoms with Crippen molar-refractivity contribution in [2.45, 2.75) is 32.1 Å². The summed E-state index contributed by atoms with van der Waals surface area (Å²) >= 11 is 0. The summed E-state index contributed by atoms with van der Waals surface area (Å²) in [7, 11) is 0. The summed E-state index contributed by atoms with van der Waals surface area (Å²) in [6.07, 6.45) is 2.54. The van der Waals surface area contributed by atoms with Gasteiger partial charge in [-0.2, -0.15) is 0 Å². The van der Waals surface area contributed by atoms with Crippen molar-refractivity contribution in [3.63, 3.8) is 0 Å². The second-order valence-electron chi connectivity index (χ2n) is 17.8. The van der Waals surface area contributed by atoms with Gasteiger partial charge in [0, 0.05) is 55.9 Å². The van der Waals surface area contributed by atoms with Crippen LogP contribution in [0.25, 0.3) is 100 Å². The van der Waals surface area contributed by atoms with E-state index in [1.807, 2.05) is 0 Å². The van der Waals surface area contributed by atoms with Gasteiger partial charge in [0.05, 0.1) is 27.8 Å². The van der Waals surface area contributed by atoms with Gasteiger partial charge in [0.25, 0.3) is 0 Å². The summed E-state index contributed by atoms with van der Waals surface area (Å²) in [5.74, 6) is 1.13. The third kappa shape index (κ3) is 4.89. The Kier molecular flexibility index (Phi) is 7.37. The van der Waals surface area contributed by atoms with Crippen LogP contribution in [0, 0.1) is 5.92 Å². The third-order valence-corrected chi connectivity index (χ3v) is 14.2. The quantitative estimate of drug-likeness (QED) is 0.178. The number of benzene rings is 8. The van der Waals surface area contributed by atoms with Gasteiger partial charge in [0.1, 0.15) is 0 Å². The molecule has 2 unspecified atom stereocenters. The predicted molar refractivity (Wildman–Crippen MR) is 258 cm³/mol. The Hall–Kier alpha value is -7.56. The lowest BCUT2D eigenvalue weighted by molar-refractivity contribution is 0.358. The van der Waals surface area contributed by atoms with Gasteiger partial charge < -0.3 is 4.57 Å². The van der Waals surface area contributed by atoms with Gasteiger partial charge >= 0.3 is 0 Å². The summed E-state index contributed by atoms with van der Waals surface area (Å²) in [6, 6.07) is 66.1. The van der Waals surface area contributed by atoms with Gasteiger partial charge in [-0.15, -0.1) is 0 Å². The lowest BCUT2D eigenvalue weighted by Crippen LogP contribution is -2.30. The monoisotopic (exact) mass is 794 g/mol. The van der Waals surface area contributed by atoms with Crippen molar-refractivity contribution >= 4 is 66.0 Å². The molecule has 0 spiro atoms. The van der Waals surface area contributed by atoms with Crippen molar-refractivity contribution in [3.8, 4) is 34.0 Å². The van der Waals surface area contributed by atoms with Crippen LogP contribution in [0.2, 0.25) is 0 Å². The Labute approximate surface area is 360 Å². The zero-order valence-corrected chi connectivity index (χ0v) is 34.8. The van der Waals surface area contributed by atoms with E-state index >= 15 is 0 Å². The van der Waals surface area contributed by atoms with E-state index in [0.29, 0.717) is 5.95 Å². The molecule has 294 valence electrons. The molecule has 0 N–H and O–H groups in total. The fourth-order valence-electron chi connectivity index (χ4n) is 11.5. The molecule has 0 aliphatic heterocycles. The average molecular weight is 795 g/mol.